The van der Waals surface area contributed by atoms with Gasteiger partial charge in [-0.15, -0.1) is 0 Å². The number of hydrogen-bond donors (Lipinski definition) is 2. The highest BCUT2D eigenvalue weighted by Crippen LogP contribution is 2.23. The lowest BCUT2D eigenvalue weighted by molar-refractivity contribution is -0.0136. The van der Waals surface area contributed by atoms with Gasteiger partial charge in [0.25, 0.3) is 0 Å². The molecule has 1 unspecified atom stereocenters. The second kappa shape index (κ2) is 8.59. The standard InChI is InChI=1S/C16H32N4O/c1-4-17-16(19-14-7-5-13(2)6-8-14)18-11-15-12-20(3)9-10-21-15/h13-15H,4-12H2,1-3H3,(H2,17,18,19). The van der Waals surface area contributed by atoms with Crippen LogP contribution in [0.4, 0.5) is 0 Å². The summed E-state index contributed by atoms with van der Waals surface area (Å²) in [5, 5.41) is 6.96. The van der Waals surface area contributed by atoms with Crippen LogP contribution < -0.4 is 10.6 Å². The van der Waals surface area contributed by atoms with E-state index in [-0.39, 0.29) is 6.10 Å². The van der Waals surface area contributed by atoms with Gasteiger partial charge >= 0.3 is 0 Å². The van der Waals surface area contributed by atoms with Gasteiger partial charge in [0.15, 0.2) is 5.96 Å². The lowest BCUT2D eigenvalue weighted by atomic mass is 9.87. The number of likely N-dealkylation sites (N-methyl/N-ethyl adjacent to an activating group) is 1. The SMILES string of the molecule is CCNC(=NCC1CN(C)CCO1)NC1CCC(C)CC1. The first-order valence-electron chi connectivity index (χ1n) is 8.52. The van der Waals surface area contributed by atoms with Crippen molar-refractivity contribution in [3.05, 3.63) is 0 Å². The molecule has 0 bridgehead atoms. The molecule has 2 fully saturated rings. The number of guanidine groups is 1. The zero-order valence-electron chi connectivity index (χ0n) is 13.9. The van der Waals surface area contributed by atoms with E-state index in [9.17, 15) is 0 Å². The maximum atomic E-state index is 5.78. The van der Waals surface area contributed by atoms with E-state index >= 15 is 0 Å². The highest BCUT2D eigenvalue weighted by atomic mass is 16.5. The first kappa shape index (κ1) is 16.6. The van der Waals surface area contributed by atoms with Gasteiger partial charge in [0, 0.05) is 25.7 Å². The van der Waals surface area contributed by atoms with E-state index in [2.05, 4.69) is 36.4 Å². The van der Waals surface area contributed by atoms with E-state index in [0.29, 0.717) is 6.04 Å². The Morgan fingerprint density at radius 3 is 2.71 bits per heavy atom. The lowest BCUT2D eigenvalue weighted by Gasteiger charge is -2.30. The van der Waals surface area contributed by atoms with Crippen molar-refractivity contribution in [3.63, 3.8) is 0 Å². The summed E-state index contributed by atoms with van der Waals surface area (Å²) in [6.45, 7) is 8.93. The number of aliphatic imine (C=N–C) groups is 1. The van der Waals surface area contributed by atoms with Gasteiger partial charge in [-0.05, 0) is 45.6 Å². The number of hydrogen-bond acceptors (Lipinski definition) is 3. The van der Waals surface area contributed by atoms with Crippen LogP contribution in [-0.2, 0) is 4.74 Å². The van der Waals surface area contributed by atoms with Crippen LogP contribution in [-0.4, -0.2) is 62.8 Å². The van der Waals surface area contributed by atoms with Crippen molar-refractivity contribution < 1.29 is 4.74 Å². The van der Waals surface area contributed by atoms with Crippen molar-refractivity contribution in [2.24, 2.45) is 10.9 Å². The quantitative estimate of drug-likeness (QED) is 0.609. The molecule has 1 aliphatic heterocycles. The van der Waals surface area contributed by atoms with Gasteiger partial charge in [0.2, 0.25) is 0 Å². The van der Waals surface area contributed by atoms with Gasteiger partial charge in [-0.1, -0.05) is 6.92 Å². The summed E-state index contributed by atoms with van der Waals surface area (Å²) < 4.78 is 5.78. The summed E-state index contributed by atoms with van der Waals surface area (Å²) in [6, 6.07) is 0.578. The summed E-state index contributed by atoms with van der Waals surface area (Å²) in [5.74, 6) is 1.84. The molecule has 0 aromatic heterocycles. The van der Waals surface area contributed by atoms with Crippen molar-refractivity contribution in [1.82, 2.24) is 15.5 Å². The van der Waals surface area contributed by atoms with Crippen LogP contribution in [0, 0.1) is 5.92 Å². The van der Waals surface area contributed by atoms with Gasteiger partial charge in [0.05, 0.1) is 19.3 Å². The van der Waals surface area contributed by atoms with Crippen molar-refractivity contribution in [2.75, 3.05) is 39.8 Å². The van der Waals surface area contributed by atoms with Crippen LogP contribution in [0.1, 0.15) is 39.5 Å². The molecule has 5 nitrogen and oxygen atoms in total. The molecule has 1 saturated carbocycles. The molecular formula is C16H32N4O. The fraction of sp³-hybridized carbons (Fsp3) is 0.938. The van der Waals surface area contributed by atoms with Gasteiger partial charge in [-0.3, -0.25) is 4.99 Å². The Morgan fingerprint density at radius 1 is 1.29 bits per heavy atom. The third-order valence-electron chi connectivity index (χ3n) is 4.50. The topological polar surface area (TPSA) is 48.9 Å². The van der Waals surface area contributed by atoms with E-state index in [4.69, 9.17) is 9.73 Å². The molecular weight excluding hydrogens is 264 g/mol. The molecule has 0 radical (unpaired) electrons. The van der Waals surface area contributed by atoms with Crippen molar-refractivity contribution in [1.29, 1.82) is 0 Å². The molecule has 1 heterocycles. The maximum Gasteiger partial charge on any atom is 0.191 e. The normalized spacial score (nSPS) is 32.0. The summed E-state index contributed by atoms with van der Waals surface area (Å²) in [4.78, 5) is 7.04. The predicted molar refractivity (Wildman–Crippen MR) is 87.8 cm³/mol. The van der Waals surface area contributed by atoms with Gasteiger partial charge in [-0.25, -0.2) is 0 Å². The third kappa shape index (κ3) is 5.83. The van der Waals surface area contributed by atoms with Crippen LogP contribution in [0.25, 0.3) is 0 Å². The number of ether oxygens (including phenoxy) is 1. The maximum absolute atomic E-state index is 5.78. The minimum absolute atomic E-state index is 0.227. The fourth-order valence-corrected chi connectivity index (χ4v) is 3.09. The minimum atomic E-state index is 0.227. The Hall–Kier alpha value is -0.810. The molecule has 2 rings (SSSR count). The summed E-state index contributed by atoms with van der Waals surface area (Å²) in [6.07, 6.45) is 5.40. The smallest absolute Gasteiger partial charge is 0.191 e. The zero-order valence-corrected chi connectivity index (χ0v) is 13.9. The Balaban J connectivity index is 1.80. The largest absolute Gasteiger partial charge is 0.374 e. The molecule has 1 atom stereocenters. The highest BCUT2D eigenvalue weighted by molar-refractivity contribution is 5.80. The number of rotatable bonds is 4. The Bertz CT molecular complexity index is 326. The van der Waals surface area contributed by atoms with Gasteiger partial charge < -0.3 is 20.3 Å². The van der Waals surface area contributed by atoms with Gasteiger partial charge in [-0.2, -0.15) is 0 Å². The summed E-state index contributed by atoms with van der Waals surface area (Å²) >= 11 is 0. The van der Waals surface area contributed by atoms with Crippen LogP contribution in [0.5, 0.6) is 0 Å². The highest BCUT2D eigenvalue weighted by Gasteiger charge is 2.20. The van der Waals surface area contributed by atoms with Crippen LogP contribution in [0.3, 0.4) is 0 Å². The molecule has 1 aliphatic carbocycles. The van der Waals surface area contributed by atoms with Crippen LogP contribution in [0.2, 0.25) is 0 Å². The lowest BCUT2D eigenvalue weighted by Crippen LogP contribution is -2.46. The average molecular weight is 296 g/mol. The van der Waals surface area contributed by atoms with E-state index in [1.54, 1.807) is 0 Å². The number of nitrogens with zero attached hydrogens (tertiary/aromatic N) is 2. The molecule has 0 aromatic rings. The first-order valence-corrected chi connectivity index (χ1v) is 8.52. The minimum Gasteiger partial charge on any atom is -0.374 e. The molecule has 1 saturated heterocycles. The molecule has 21 heavy (non-hydrogen) atoms. The monoisotopic (exact) mass is 296 g/mol. The average Bonchev–Trinajstić information content (AvgIpc) is 2.47. The molecule has 2 aliphatic rings. The van der Waals surface area contributed by atoms with Crippen molar-refractivity contribution >= 4 is 5.96 Å². The molecule has 0 amide bonds. The van der Waals surface area contributed by atoms with Crippen molar-refractivity contribution in [3.8, 4) is 0 Å². The zero-order chi connectivity index (χ0) is 15.1. The summed E-state index contributed by atoms with van der Waals surface area (Å²) in [5.41, 5.74) is 0. The Morgan fingerprint density at radius 2 is 2.05 bits per heavy atom. The van der Waals surface area contributed by atoms with Crippen LogP contribution in [0.15, 0.2) is 4.99 Å². The first-order chi connectivity index (χ1) is 10.2. The second-order valence-corrected chi connectivity index (χ2v) is 6.58. The summed E-state index contributed by atoms with van der Waals surface area (Å²) in [7, 11) is 2.14. The number of morpholine rings is 1. The molecule has 0 spiro atoms. The number of nitrogens with one attached hydrogen (secondary N) is 2. The third-order valence-corrected chi connectivity index (χ3v) is 4.50. The van der Waals surface area contributed by atoms with E-state index in [0.717, 1.165) is 44.7 Å². The van der Waals surface area contributed by atoms with E-state index < -0.39 is 0 Å². The predicted octanol–water partition coefficient (Wildman–Crippen LogP) is 1.45. The molecule has 5 heteroatoms. The van der Waals surface area contributed by atoms with Crippen LogP contribution >= 0.6 is 0 Å². The van der Waals surface area contributed by atoms with Gasteiger partial charge in [0.1, 0.15) is 0 Å². The Labute approximate surface area is 129 Å². The Kier molecular flexibility index (Phi) is 6.77. The molecule has 2 N–H and O–H groups in total. The van der Waals surface area contributed by atoms with E-state index in [1.165, 1.54) is 25.7 Å². The fourth-order valence-electron chi connectivity index (χ4n) is 3.09. The van der Waals surface area contributed by atoms with E-state index in [1.807, 2.05) is 0 Å². The van der Waals surface area contributed by atoms with Crippen molar-refractivity contribution in [2.45, 2.75) is 51.7 Å². The molecule has 0 aromatic carbocycles. The second-order valence-electron chi connectivity index (χ2n) is 6.58. The molecule has 122 valence electrons.